The van der Waals surface area contributed by atoms with Crippen molar-refractivity contribution in [1.29, 1.82) is 0 Å². The van der Waals surface area contributed by atoms with Gasteiger partial charge in [-0.05, 0) is 32.4 Å². The third kappa shape index (κ3) is 3.40. The first kappa shape index (κ1) is 11.3. The summed E-state index contributed by atoms with van der Waals surface area (Å²) >= 11 is 0. The summed E-state index contributed by atoms with van der Waals surface area (Å²) in [5.41, 5.74) is -0.971. The van der Waals surface area contributed by atoms with Crippen molar-refractivity contribution >= 4 is 0 Å². The zero-order chi connectivity index (χ0) is 10.6. The van der Waals surface area contributed by atoms with Crippen molar-refractivity contribution in [3.05, 3.63) is 0 Å². The Kier molecular flexibility index (Phi) is 3.94. The minimum absolute atomic E-state index is 0.595. The van der Waals surface area contributed by atoms with Crippen molar-refractivity contribution in [2.75, 3.05) is 45.9 Å². The monoisotopic (exact) mass is 216 g/mol. The molecule has 0 radical (unpaired) electrons. The van der Waals surface area contributed by atoms with Crippen LogP contribution in [0.25, 0.3) is 0 Å². The van der Waals surface area contributed by atoms with Crippen LogP contribution < -0.4 is 5.32 Å². The van der Waals surface area contributed by atoms with Gasteiger partial charge in [-0.15, -0.1) is 0 Å². The fourth-order valence-corrected chi connectivity index (χ4v) is 2.41. The molecule has 2 rings (SSSR count). The molecule has 0 saturated carbocycles. The van der Waals surface area contributed by atoms with Crippen LogP contribution in [0.5, 0.6) is 0 Å². The van der Waals surface area contributed by atoms with Crippen molar-refractivity contribution in [2.45, 2.75) is 24.9 Å². The average Bonchev–Trinajstić information content (AvgIpc) is 2.45. The summed E-state index contributed by atoms with van der Waals surface area (Å²) in [6, 6.07) is 0. The van der Waals surface area contributed by atoms with Gasteiger partial charge in [0.2, 0.25) is 0 Å². The molecule has 0 bridgehead atoms. The Balaban J connectivity index is 1.83. The standard InChI is InChI=1S/C11H21FN2O/c12-11(2-1-4-13-5-3-11)10-14-6-8-15-9-7-14/h13H,1-10H2. The fraction of sp³-hybridized carbons (Fsp3) is 1.00. The number of hydrogen-bond acceptors (Lipinski definition) is 3. The lowest BCUT2D eigenvalue weighted by Gasteiger charge is -2.33. The van der Waals surface area contributed by atoms with E-state index in [9.17, 15) is 4.39 Å². The Labute approximate surface area is 91.0 Å². The highest BCUT2D eigenvalue weighted by molar-refractivity contribution is 4.86. The SMILES string of the molecule is FC1(CN2CCOCC2)CCCNCC1. The number of alkyl halides is 1. The van der Waals surface area contributed by atoms with Gasteiger partial charge < -0.3 is 10.1 Å². The number of morpholine rings is 1. The molecule has 3 nitrogen and oxygen atoms in total. The molecule has 0 spiro atoms. The molecule has 4 heteroatoms. The fourth-order valence-electron chi connectivity index (χ4n) is 2.41. The summed E-state index contributed by atoms with van der Waals surface area (Å²) < 4.78 is 19.8. The predicted octanol–water partition coefficient (Wildman–Crippen LogP) is 0.800. The predicted molar refractivity (Wildman–Crippen MR) is 57.8 cm³/mol. The Morgan fingerprint density at radius 3 is 2.80 bits per heavy atom. The van der Waals surface area contributed by atoms with Gasteiger partial charge in [-0.1, -0.05) is 0 Å². The molecule has 0 aliphatic carbocycles. The van der Waals surface area contributed by atoms with Gasteiger partial charge >= 0.3 is 0 Å². The first-order chi connectivity index (χ1) is 7.29. The number of ether oxygens (including phenoxy) is 1. The number of hydrogen-bond donors (Lipinski definition) is 1. The van der Waals surface area contributed by atoms with Gasteiger partial charge in [-0.25, -0.2) is 4.39 Å². The number of nitrogens with one attached hydrogen (secondary N) is 1. The lowest BCUT2D eigenvalue weighted by molar-refractivity contribution is 0.00177. The number of rotatable bonds is 2. The van der Waals surface area contributed by atoms with E-state index in [1.807, 2.05) is 0 Å². The van der Waals surface area contributed by atoms with Crippen molar-refractivity contribution in [3.8, 4) is 0 Å². The summed E-state index contributed by atoms with van der Waals surface area (Å²) in [5.74, 6) is 0. The second-order valence-electron chi connectivity index (χ2n) is 4.64. The largest absolute Gasteiger partial charge is 0.379 e. The lowest BCUT2D eigenvalue weighted by atomic mass is 9.96. The van der Waals surface area contributed by atoms with Gasteiger partial charge in [0.15, 0.2) is 0 Å². The average molecular weight is 216 g/mol. The first-order valence-corrected chi connectivity index (χ1v) is 5.98. The van der Waals surface area contributed by atoms with E-state index in [2.05, 4.69) is 10.2 Å². The highest BCUT2D eigenvalue weighted by Gasteiger charge is 2.32. The molecule has 0 aromatic carbocycles. The summed E-state index contributed by atoms with van der Waals surface area (Å²) in [6.07, 6.45) is 2.32. The van der Waals surface area contributed by atoms with Gasteiger partial charge in [0.1, 0.15) is 5.67 Å². The Morgan fingerprint density at radius 1 is 1.20 bits per heavy atom. The van der Waals surface area contributed by atoms with E-state index < -0.39 is 5.67 Å². The van der Waals surface area contributed by atoms with Crippen LogP contribution in [0.1, 0.15) is 19.3 Å². The van der Waals surface area contributed by atoms with Crippen LogP contribution in [-0.2, 0) is 4.74 Å². The summed E-state index contributed by atoms with van der Waals surface area (Å²) in [6.45, 7) is 5.68. The van der Waals surface area contributed by atoms with Gasteiger partial charge in [0.05, 0.1) is 13.2 Å². The maximum absolute atomic E-state index is 14.5. The first-order valence-electron chi connectivity index (χ1n) is 5.98. The van der Waals surface area contributed by atoms with Gasteiger partial charge in [-0.2, -0.15) is 0 Å². The molecular formula is C11H21FN2O. The molecule has 1 N–H and O–H groups in total. The lowest BCUT2D eigenvalue weighted by Crippen LogP contribution is -2.45. The maximum atomic E-state index is 14.5. The smallest absolute Gasteiger partial charge is 0.124 e. The Hall–Kier alpha value is -0.190. The van der Waals surface area contributed by atoms with Crippen LogP contribution in [0.3, 0.4) is 0 Å². The molecule has 0 aromatic heterocycles. The van der Waals surface area contributed by atoms with E-state index in [4.69, 9.17) is 4.74 Å². The van der Waals surface area contributed by atoms with Crippen molar-refractivity contribution < 1.29 is 9.13 Å². The van der Waals surface area contributed by atoms with E-state index in [0.717, 1.165) is 45.8 Å². The molecule has 88 valence electrons. The van der Waals surface area contributed by atoms with E-state index >= 15 is 0 Å². The minimum atomic E-state index is -0.971. The van der Waals surface area contributed by atoms with E-state index in [0.29, 0.717) is 19.4 Å². The molecule has 15 heavy (non-hydrogen) atoms. The van der Waals surface area contributed by atoms with Crippen LogP contribution in [0, 0.1) is 0 Å². The van der Waals surface area contributed by atoms with Gasteiger partial charge in [0.25, 0.3) is 0 Å². The highest BCUT2D eigenvalue weighted by atomic mass is 19.1. The van der Waals surface area contributed by atoms with Crippen LogP contribution >= 0.6 is 0 Å². The maximum Gasteiger partial charge on any atom is 0.124 e. The topological polar surface area (TPSA) is 24.5 Å². The molecule has 2 heterocycles. The molecule has 0 aromatic rings. The number of halogens is 1. The van der Waals surface area contributed by atoms with E-state index in [1.165, 1.54) is 0 Å². The van der Waals surface area contributed by atoms with Gasteiger partial charge in [0, 0.05) is 19.6 Å². The Bertz CT molecular complexity index is 187. The minimum Gasteiger partial charge on any atom is -0.379 e. The molecule has 2 aliphatic heterocycles. The second-order valence-corrected chi connectivity index (χ2v) is 4.64. The third-order valence-electron chi connectivity index (χ3n) is 3.34. The molecular weight excluding hydrogens is 195 g/mol. The second kappa shape index (κ2) is 5.23. The van der Waals surface area contributed by atoms with E-state index in [-0.39, 0.29) is 0 Å². The van der Waals surface area contributed by atoms with Crippen molar-refractivity contribution in [2.24, 2.45) is 0 Å². The molecule has 1 atom stereocenters. The highest BCUT2D eigenvalue weighted by Crippen LogP contribution is 2.25. The summed E-state index contributed by atoms with van der Waals surface area (Å²) in [4.78, 5) is 2.20. The molecule has 2 aliphatic rings. The zero-order valence-electron chi connectivity index (χ0n) is 9.30. The van der Waals surface area contributed by atoms with E-state index in [1.54, 1.807) is 0 Å². The van der Waals surface area contributed by atoms with Crippen LogP contribution in [0.2, 0.25) is 0 Å². The summed E-state index contributed by atoms with van der Waals surface area (Å²) in [5, 5.41) is 3.26. The Morgan fingerprint density at radius 2 is 2.00 bits per heavy atom. The molecule has 1 unspecified atom stereocenters. The molecule has 0 amide bonds. The van der Waals surface area contributed by atoms with Crippen molar-refractivity contribution in [1.82, 2.24) is 10.2 Å². The molecule has 2 saturated heterocycles. The third-order valence-corrected chi connectivity index (χ3v) is 3.34. The van der Waals surface area contributed by atoms with Crippen LogP contribution in [0.15, 0.2) is 0 Å². The van der Waals surface area contributed by atoms with Crippen LogP contribution in [0.4, 0.5) is 4.39 Å². The normalized spacial score (nSPS) is 35.0. The number of nitrogens with zero attached hydrogens (tertiary/aromatic N) is 1. The zero-order valence-corrected chi connectivity index (χ0v) is 9.30. The summed E-state index contributed by atoms with van der Waals surface area (Å²) in [7, 11) is 0. The van der Waals surface area contributed by atoms with Crippen LogP contribution in [-0.4, -0.2) is 56.5 Å². The molecule has 2 fully saturated rings. The van der Waals surface area contributed by atoms with Crippen molar-refractivity contribution in [3.63, 3.8) is 0 Å². The van der Waals surface area contributed by atoms with Gasteiger partial charge in [-0.3, -0.25) is 4.90 Å². The quantitative estimate of drug-likeness (QED) is 0.739.